The van der Waals surface area contributed by atoms with E-state index in [1.54, 1.807) is 55.5 Å². The first-order valence-electron chi connectivity index (χ1n) is 8.19. The summed E-state index contributed by atoms with van der Waals surface area (Å²) in [5, 5.41) is 0. The van der Waals surface area contributed by atoms with E-state index in [0.717, 1.165) is 5.56 Å². The maximum atomic E-state index is 13.1. The first-order valence-corrected chi connectivity index (χ1v) is 8.19. The summed E-state index contributed by atoms with van der Waals surface area (Å²) in [7, 11) is 0. The maximum absolute atomic E-state index is 13.1. The SMILES string of the molecule is CC(=O)c1cc(C)cc(C(=O)c2ccccc2)c1C(=O)c1ccncc1. The fraction of sp³-hybridized carbons (Fsp3) is 0.0909. The van der Waals surface area contributed by atoms with E-state index < -0.39 is 0 Å². The Morgan fingerprint density at radius 2 is 1.35 bits per heavy atom. The van der Waals surface area contributed by atoms with Crippen LogP contribution >= 0.6 is 0 Å². The summed E-state index contributed by atoms with van der Waals surface area (Å²) in [6.45, 7) is 3.20. The van der Waals surface area contributed by atoms with Crippen LogP contribution < -0.4 is 0 Å². The lowest BCUT2D eigenvalue weighted by molar-refractivity contribution is 0.0983. The van der Waals surface area contributed by atoms with Gasteiger partial charge in [-0.25, -0.2) is 0 Å². The lowest BCUT2D eigenvalue weighted by atomic mass is 9.87. The van der Waals surface area contributed by atoms with Crippen molar-refractivity contribution in [2.24, 2.45) is 0 Å². The minimum absolute atomic E-state index is 0.142. The van der Waals surface area contributed by atoms with Crippen LogP contribution in [0.5, 0.6) is 0 Å². The lowest BCUT2D eigenvalue weighted by Crippen LogP contribution is -2.16. The molecule has 0 radical (unpaired) electrons. The Labute approximate surface area is 151 Å². The molecule has 0 saturated carbocycles. The number of benzene rings is 2. The summed E-state index contributed by atoms with van der Waals surface area (Å²) < 4.78 is 0. The first kappa shape index (κ1) is 17.4. The molecule has 128 valence electrons. The summed E-state index contributed by atoms with van der Waals surface area (Å²) in [5.41, 5.74) is 2.24. The highest BCUT2D eigenvalue weighted by molar-refractivity contribution is 6.23. The second-order valence-electron chi connectivity index (χ2n) is 6.05. The fourth-order valence-electron chi connectivity index (χ4n) is 2.88. The Kier molecular flexibility index (Phi) is 4.85. The molecule has 3 aromatic rings. The summed E-state index contributed by atoms with van der Waals surface area (Å²) in [6.07, 6.45) is 3.01. The van der Waals surface area contributed by atoms with Crippen molar-refractivity contribution >= 4 is 17.3 Å². The Morgan fingerprint density at radius 1 is 0.769 bits per heavy atom. The lowest BCUT2D eigenvalue weighted by Gasteiger charge is -2.14. The zero-order chi connectivity index (χ0) is 18.7. The van der Waals surface area contributed by atoms with Crippen LogP contribution in [-0.2, 0) is 0 Å². The topological polar surface area (TPSA) is 64.1 Å². The fourth-order valence-corrected chi connectivity index (χ4v) is 2.88. The summed E-state index contributed by atoms with van der Waals surface area (Å²) in [6, 6.07) is 15.2. The van der Waals surface area contributed by atoms with Gasteiger partial charge < -0.3 is 0 Å². The third-order valence-electron chi connectivity index (χ3n) is 4.11. The van der Waals surface area contributed by atoms with Gasteiger partial charge in [-0.3, -0.25) is 19.4 Å². The van der Waals surface area contributed by atoms with Crippen LogP contribution in [0.1, 0.15) is 54.7 Å². The van der Waals surface area contributed by atoms with E-state index in [9.17, 15) is 14.4 Å². The number of carbonyl (C=O) groups excluding carboxylic acids is 3. The number of nitrogens with zero attached hydrogens (tertiary/aromatic N) is 1. The van der Waals surface area contributed by atoms with Crippen molar-refractivity contribution in [3.63, 3.8) is 0 Å². The van der Waals surface area contributed by atoms with Gasteiger partial charge in [-0.15, -0.1) is 0 Å². The largest absolute Gasteiger partial charge is 0.294 e. The second kappa shape index (κ2) is 7.23. The third kappa shape index (κ3) is 3.35. The van der Waals surface area contributed by atoms with Crippen LogP contribution in [0.3, 0.4) is 0 Å². The van der Waals surface area contributed by atoms with Crippen LogP contribution in [0, 0.1) is 6.92 Å². The average Bonchev–Trinajstić information content (AvgIpc) is 2.67. The molecule has 4 heteroatoms. The molecule has 1 aromatic heterocycles. The molecule has 0 aliphatic rings. The van der Waals surface area contributed by atoms with Gasteiger partial charge in [0.25, 0.3) is 0 Å². The molecule has 1 heterocycles. The number of aryl methyl sites for hydroxylation is 1. The van der Waals surface area contributed by atoms with E-state index in [2.05, 4.69) is 4.98 Å². The molecule has 0 amide bonds. The third-order valence-corrected chi connectivity index (χ3v) is 4.11. The van der Waals surface area contributed by atoms with E-state index in [1.165, 1.54) is 19.3 Å². The van der Waals surface area contributed by atoms with Crippen molar-refractivity contribution < 1.29 is 14.4 Å². The standard InChI is InChI=1S/C22H17NO3/c1-14-12-18(15(2)24)20(22(26)17-8-10-23-11-9-17)19(13-14)21(25)16-6-4-3-5-7-16/h3-13H,1-2H3. The van der Waals surface area contributed by atoms with Crippen molar-refractivity contribution in [2.75, 3.05) is 0 Å². The zero-order valence-electron chi connectivity index (χ0n) is 14.5. The Balaban J connectivity index is 2.25. The Hall–Kier alpha value is -3.40. The Morgan fingerprint density at radius 3 is 1.96 bits per heavy atom. The average molecular weight is 343 g/mol. The Bertz CT molecular complexity index is 993. The molecule has 0 atom stereocenters. The van der Waals surface area contributed by atoms with Gasteiger partial charge in [0.05, 0.1) is 0 Å². The predicted octanol–water partition coefficient (Wildman–Crippen LogP) is 4.05. The van der Waals surface area contributed by atoms with Crippen LogP contribution in [0.25, 0.3) is 0 Å². The molecule has 3 rings (SSSR count). The highest BCUT2D eigenvalue weighted by Gasteiger charge is 2.25. The molecule has 0 fully saturated rings. The van der Waals surface area contributed by atoms with E-state index in [-0.39, 0.29) is 34.0 Å². The van der Waals surface area contributed by atoms with E-state index >= 15 is 0 Å². The molecule has 0 unspecified atom stereocenters. The molecular formula is C22H17NO3. The number of pyridine rings is 1. The van der Waals surface area contributed by atoms with Crippen molar-refractivity contribution in [3.8, 4) is 0 Å². The normalized spacial score (nSPS) is 10.4. The number of carbonyl (C=O) groups is 3. The van der Waals surface area contributed by atoms with Gasteiger partial charge in [-0.1, -0.05) is 30.3 Å². The van der Waals surface area contributed by atoms with Crippen molar-refractivity contribution in [2.45, 2.75) is 13.8 Å². The van der Waals surface area contributed by atoms with Gasteiger partial charge in [-0.05, 0) is 43.7 Å². The van der Waals surface area contributed by atoms with Gasteiger partial charge >= 0.3 is 0 Å². The van der Waals surface area contributed by atoms with Gasteiger partial charge in [0.2, 0.25) is 0 Å². The maximum Gasteiger partial charge on any atom is 0.194 e. The number of rotatable bonds is 5. The van der Waals surface area contributed by atoms with Crippen LogP contribution in [0.4, 0.5) is 0 Å². The second-order valence-corrected chi connectivity index (χ2v) is 6.05. The van der Waals surface area contributed by atoms with E-state index in [0.29, 0.717) is 11.1 Å². The van der Waals surface area contributed by atoms with Crippen molar-refractivity contribution in [1.29, 1.82) is 0 Å². The molecule has 0 aliphatic heterocycles. The highest BCUT2D eigenvalue weighted by atomic mass is 16.1. The molecule has 4 nitrogen and oxygen atoms in total. The van der Waals surface area contributed by atoms with E-state index in [1.807, 2.05) is 6.07 Å². The molecule has 0 aliphatic carbocycles. The number of ketones is 3. The number of Topliss-reactive ketones (excluding diaryl/α,β-unsaturated/α-hetero) is 1. The number of hydrogen-bond acceptors (Lipinski definition) is 4. The van der Waals surface area contributed by atoms with Crippen molar-refractivity contribution in [3.05, 3.63) is 100 Å². The molecule has 0 spiro atoms. The highest BCUT2D eigenvalue weighted by Crippen LogP contribution is 2.24. The van der Waals surface area contributed by atoms with Crippen LogP contribution in [0.2, 0.25) is 0 Å². The van der Waals surface area contributed by atoms with E-state index in [4.69, 9.17) is 0 Å². The van der Waals surface area contributed by atoms with Gasteiger partial charge in [0.15, 0.2) is 17.3 Å². The molecular weight excluding hydrogens is 326 g/mol. The zero-order valence-corrected chi connectivity index (χ0v) is 14.5. The van der Waals surface area contributed by atoms with Gasteiger partial charge in [0, 0.05) is 40.2 Å². The molecule has 0 saturated heterocycles. The van der Waals surface area contributed by atoms with Gasteiger partial charge in [-0.2, -0.15) is 0 Å². The number of aromatic nitrogens is 1. The predicted molar refractivity (Wildman–Crippen MR) is 98.7 cm³/mol. The summed E-state index contributed by atoms with van der Waals surface area (Å²) in [4.78, 5) is 42.3. The monoisotopic (exact) mass is 343 g/mol. The quantitative estimate of drug-likeness (QED) is 0.656. The molecule has 26 heavy (non-hydrogen) atoms. The van der Waals surface area contributed by atoms with Gasteiger partial charge in [0.1, 0.15) is 0 Å². The minimum Gasteiger partial charge on any atom is -0.294 e. The molecule has 0 bridgehead atoms. The van der Waals surface area contributed by atoms with Crippen LogP contribution in [-0.4, -0.2) is 22.3 Å². The summed E-state index contributed by atoms with van der Waals surface area (Å²) in [5.74, 6) is -0.903. The minimum atomic E-state index is -0.364. The van der Waals surface area contributed by atoms with Crippen molar-refractivity contribution in [1.82, 2.24) is 4.98 Å². The smallest absolute Gasteiger partial charge is 0.194 e. The number of hydrogen-bond donors (Lipinski definition) is 0. The summed E-state index contributed by atoms with van der Waals surface area (Å²) >= 11 is 0. The molecule has 2 aromatic carbocycles. The molecule has 0 N–H and O–H groups in total. The first-order chi connectivity index (χ1) is 12.5. The van der Waals surface area contributed by atoms with Crippen LogP contribution in [0.15, 0.2) is 67.0 Å².